The summed E-state index contributed by atoms with van der Waals surface area (Å²) in [4.78, 5) is 29.1. The molecule has 0 fully saturated rings. The number of para-hydroxylation sites is 2. The van der Waals surface area contributed by atoms with Crippen LogP contribution in [0.1, 0.15) is 31.0 Å². The second kappa shape index (κ2) is 8.47. The molecule has 1 aromatic heterocycles. The van der Waals surface area contributed by atoms with Crippen molar-refractivity contribution in [1.82, 2.24) is 9.55 Å². The van der Waals surface area contributed by atoms with Crippen LogP contribution in [0.5, 0.6) is 0 Å². The molecule has 0 unspecified atom stereocenters. The van der Waals surface area contributed by atoms with E-state index >= 15 is 0 Å². The average molecular weight is 454 g/mol. The van der Waals surface area contributed by atoms with Crippen molar-refractivity contribution in [2.75, 3.05) is 10.6 Å². The van der Waals surface area contributed by atoms with Gasteiger partial charge in [0.05, 0.1) is 27.6 Å². The van der Waals surface area contributed by atoms with Crippen LogP contribution in [-0.2, 0) is 11.2 Å². The van der Waals surface area contributed by atoms with Gasteiger partial charge in [-0.3, -0.25) is 19.5 Å². The first kappa shape index (κ1) is 21.4. The molecule has 1 amide bonds. The van der Waals surface area contributed by atoms with Crippen LogP contribution in [0.4, 0.5) is 17.3 Å². The molecule has 4 aromatic rings. The van der Waals surface area contributed by atoms with E-state index in [0.29, 0.717) is 22.9 Å². The van der Waals surface area contributed by atoms with Crippen LogP contribution < -0.4 is 10.6 Å². The van der Waals surface area contributed by atoms with Gasteiger partial charge in [-0.25, -0.2) is 4.98 Å². The maximum Gasteiger partial charge on any atom is 0.269 e. The fourth-order valence-corrected chi connectivity index (χ4v) is 4.37. The van der Waals surface area contributed by atoms with Crippen LogP contribution in [0.2, 0.25) is 0 Å². The average Bonchev–Trinajstić information content (AvgIpc) is 3.21. The number of fused-ring (bicyclic) bond motifs is 3. The van der Waals surface area contributed by atoms with Gasteiger partial charge < -0.3 is 10.6 Å². The van der Waals surface area contributed by atoms with Crippen molar-refractivity contribution in [1.29, 1.82) is 0 Å². The summed E-state index contributed by atoms with van der Waals surface area (Å²) in [5, 5.41) is 17.5. The number of nitro groups is 1. The van der Waals surface area contributed by atoms with Gasteiger partial charge >= 0.3 is 0 Å². The number of rotatable bonds is 5. The number of anilines is 2. The monoisotopic (exact) mass is 453 g/mol. The molecule has 34 heavy (non-hydrogen) atoms. The van der Waals surface area contributed by atoms with Crippen molar-refractivity contribution in [3.63, 3.8) is 0 Å². The highest BCUT2D eigenvalue weighted by atomic mass is 16.6. The molecule has 1 aliphatic heterocycles. The zero-order valence-corrected chi connectivity index (χ0v) is 18.8. The zero-order chi connectivity index (χ0) is 23.8. The van der Waals surface area contributed by atoms with Gasteiger partial charge in [-0.1, -0.05) is 31.2 Å². The summed E-state index contributed by atoms with van der Waals surface area (Å²) in [6.45, 7) is 3.92. The Hall–Kier alpha value is -4.46. The van der Waals surface area contributed by atoms with E-state index in [0.717, 1.165) is 23.0 Å². The predicted molar refractivity (Wildman–Crippen MR) is 132 cm³/mol. The number of imidazole rings is 1. The van der Waals surface area contributed by atoms with Gasteiger partial charge in [0.25, 0.3) is 11.6 Å². The number of carbonyl (C=O) groups excluding carboxylic acids is 1. The van der Waals surface area contributed by atoms with Crippen molar-refractivity contribution in [2.45, 2.75) is 26.3 Å². The Kier molecular flexibility index (Phi) is 5.33. The van der Waals surface area contributed by atoms with Crippen LogP contribution in [0.25, 0.3) is 11.0 Å². The third-order valence-electron chi connectivity index (χ3n) is 6.12. The van der Waals surface area contributed by atoms with Gasteiger partial charge in [-0.15, -0.1) is 0 Å². The third kappa shape index (κ3) is 3.69. The standard InChI is InChI=1S/C26H23N5O3/c1-3-17-8-12-19(13-9-17)28-25(32)23-16(2)27-26-29-21-6-4-5-7-22(21)30(26)24(23)18-10-14-20(15-11-18)31(33)34/h4-15,24H,3H2,1-2H3,(H,27,29)(H,28,32)/t24-/m1/s1. The molecular weight excluding hydrogens is 430 g/mol. The SMILES string of the molecule is CCc1ccc(NC(=O)C2=C(C)Nc3nc4ccccc4n3[C@@H]2c2ccc([N+](=O)[O-])cc2)cc1. The molecule has 5 rings (SSSR count). The lowest BCUT2D eigenvalue weighted by Gasteiger charge is -2.30. The van der Waals surface area contributed by atoms with Gasteiger partial charge in [0.1, 0.15) is 0 Å². The van der Waals surface area contributed by atoms with Crippen LogP contribution >= 0.6 is 0 Å². The quantitative estimate of drug-likeness (QED) is 0.310. The van der Waals surface area contributed by atoms with Crippen molar-refractivity contribution in [2.24, 2.45) is 0 Å². The third-order valence-corrected chi connectivity index (χ3v) is 6.12. The number of amides is 1. The largest absolute Gasteiger partial charge is 0.329 e. The fraction of sp³-hybridized carbons (Fsp3) is 0.154. The number of nitrogens with zero attached hydrogens (tertiary/aromatic N) is 3. The molecule has 0 saturated carbocycles. The van der Waals surface area contributed by atoms with Gasteiger partial charge in [0, 0.05) is 23.5 Å². The van der Waals surface area contributed by atoms with Gasteiger partial charge in [-0.05, 0) is 60.9 Å². The van der Waals surface area contributed by atoms with Crippen molar-refractivity contribution < 1.29 is 9.72 Å². The summed E-state index contributed by atoms with van der Waals surface area (Å²) in [5.41, 5.74) is 5.48. The lowest BCUT2D eigenvalue weighted by molar-refractivity contribution is -0.384. The minimum Gasteiger partial charge on any atom is -0.329 e. The van der Waals surface area contributed by atoms with Crippen LogP contribution in [-0.4, -0.2) is 20.4 Å². The van der Waals surface area contributed by atoms with Crippen molar-refractivity contribution >= 4 is 34.3 Å². The number of allylic oxidation sites excluding steroid dienone is 1. The molecule has 0 spiro atoms. The smallest absolute Gasteiger partial charge is 0.269 e. The normalized spacial score (nSPS) is 15.1. The summed E-state index contributed by atoms with van der Waals surface area (Å²) in [7, 11) is 0. The van der Waals surface area contributed by atoms with E-state index in [-0.39, 0.29) is 11.6 Å². The highest BCUT2D eigenvalue weighted by molar-refractivity contribution is 6.06. The van der Waals surface area contributed by atoms with E-state index in [1.165, 1.54) is 17.7 Å². The molecule has 8 nitrogen and oxygen atoms in total. The van der Waals surface area contributed by atoms with Crippen LogP contribution in [0.3, 0.4) is 0 Å². The Bertz CT molecular complexity index is 1440. The molecule has 2 N–H and O–H groups in total. The minimum atomic E-state index is -0.514. The number of hydrogen-bond donors (Lipinski definition) is 2. The molecule has 0 radical (unpaired) electrons. The summed E-state index contributed by atoms with van der Waals surface area (Å²) in [5.74, 6) is 0.368. The lowest BCUT2D eigenvalue weighted by atomic mass is 9.94. The second-order valence-corrected chi connectivity index (χ2v) is 8.21. The van der Waals surface area contributed by atoms with E-state index in [4.69, 9.17) is 4.98 Å². The first-order chi connectivity index (χ1) is 16.5. The van der Waals surface area contributed by atoms with Crippen LogP contribution in [0, 0.1) is 10.1 Å². The number of aromatic nitrogens is 2. The first-order valence-corrected chi connectivity index (χ1v) is 11.1. The highest BCUT2D eigenvalue weighted by Crippen LogP contribution is 2.39. The summed E-state index contributed by atoms with van der Waals surface area (Å²) < 4.78 is 1.97. The molecule has 3 aromatic carbocycles. The summed E-state index contributed by atoms with van der Waals surface area (Å²) in [6, 6.07) is 21.3. The Morgan fingerprint density at radius 3 is 2.47 bits per heavy atom. The molecule has 0 saturated heterocycles. The second-order valence-electron chi connectivity index (χ2n) is 8.21. The maximum atomic E-state index is 13.6. The van der Waals surface area contributed by atoms with Crippen molar-refractivity contribution in [3.05, 3.63) is 105 Å². The number of nitrogens with one attached hydrogen (secondary N) is 2. The molecule has 170 valence electrons. The van der Waals surface area contributed by atoms with E-state index < -0.39 is 11.0 Å². The number of benzene rings is 3. The van der Waals surface area contributed by atoms with Gasteiger partial charge in [0.15, 0.2) is 0 Å². The Morgan fingerprint density at radius 2 is 1.79 bits per heavy atom. The number of nitro benzene ring substituents is 1. The molecule has 0 bridgehead atoms. The van der Waals surface area contributed by atoms with Gasteiger partial charge in [0.2, 0.25) is 5.95 Å². The van der Waals surface area contributed by atoms with Gasteiger partial charge in [-0.2, -0.15) is 0 Å². The van der Waals surface area contributed by atoms with E-state index in [9.17, 15) is 14.9 Å². The lowest BCUT2D eigenvalue weighted by Crippen LogP contribution is -2.30. The molecule has 0 aliphatic carbocycles. The zero-order valence-electron chi connectivity index (χ0n) is 18.8. The van der Waals surface area contributed by atoms with E-state index in [2.05, 4.69) is 17.6 Å². The molecule has 2 heterocycles. The minimum absolute atomic E-state index is 0.00360. The molecular formula is C26H23N5O3. The van der Waals surface area contributed by atoms with E-state index in [1.54, 1.807) is 12.1 Å². The predicted octanol–water partition coefficient (Wildman–Crippen LogP) is 5.43. The van der Waals surface area contributed by atoms with Crippen molar-refractivity contribution in [3.8, 4) is 0 Å². The number of aryl methyl sites for hydroxylation is 1. The topological polar surface area (TPSA) is 102 Å². The highest BCUT2D eigenvalue weighted by Gasteiger charge is 2.34. The first-order valence-electron chi connectivity index (χ1n) is 11.1. The Balaban J connectivity index is 1.62. The molecule has 8 heteroatoms. The molecule has 1 aliphatic rings. The number of carbonyl (C=O) groups is 1. The fourth-order valence-electron chi connectivity index (χ4n) is 4.37. The maximum absolute atomic E-state index is 13.6. The van der Waals surface area contributed by atoms with E-state index in [1.807, 2.05) is 60.0 Å². The van der Waals surface area contributed by atoms with Crippen LogP contribution in [0.15, 0.2) is 84.1 Å². The Labute approximate surface area is 196 Å². The summed E-state index contributed by atoms with van der Waals surface area (Å²) >= 11 is 0. The Morgan fingerprint density at radius 1 is 1.09 bits per heavy atom. The number of non-ortho nitro benzene ring substituents is 1. The summed E-state index contributed by atoms with van der Waals surface area (Å²) in [6.07, 6.45) is 0.918. The molecule has 1 atom stereocenters. The number of hydrogen-bond acceptors (Lipinski definition) is 5.